The third-order valence-electron chi connectivity index (χ3n) is 5.69. The molecule has 0 saturated carbocycles. The zero-order valence-corrected chi connectivity index (χ0v) is 18.8. The molecule has 2 aromatic rings. The van der Waals surface area contributed by atoms with Gasteiger partial charge in [-0.25, -0.2) is 9.97 Å². The van der Waals surface area contributed by atoms with E-state index in [1.54, 1.807) is 0 Å². The van der Waals surface area contributed by atoms with Crippen molar-refractivity contribution in [2.45, 2.75) is 79.2 Å². The van der Waals surface area contributed by atoms with Crippen LogP contribution in [0.1, 0.15) is 74.6 Å². The molecule has 2 aromatic heterocycles. The van der Waals surface area contributed by atoms with Gasteiger partial charge in [-0.2, -0.15) is 5.26 Å². The summed E-state index contributed by atoms with van der Waals surface area (Å²) in [5.41, 5.74) is -0.205. The second-order valence-electron chi connectivity index (χ2n) is 8.00. The van der Waals surface area contributed by atoms with Crippen LogP contribution in [0.2, 0.25) is 0 Å². The van der Waals surface area contributed by atoms with Crippen molar-refractivity contribution in [3.8, 4) is 6.07 Å². The van der Waals surface area contributed by atoms with Gasteiger partial charge in [0, 0.05) is 43.7 Å². The standard InChI is InChI=1S/C22H31N5.C2H6.H2/c1-4-6-18(7-5-2)26-20-14-19-17(15-25-20)8-11-24-21(19)27-12-9-22(3,16-23)10-13-27;1-2;/h8,11,14-15,18H,4-7,9-10,12-13H2,1-3H3,(H,25,26);1-2H3;1H. The van der Waals surface area contributed by atoms with Gasteiger partial charge >= 0.3 is 0 Å². The maximum Gasteiger partial charge on any atom is 0.136 e. The fraction of sp³-hybridized carbons (Fsp3) is 0.625. The van der Waals surface area contributed by atoms with Gasteiger partial charge in [-0.15, -0.1) is 0 Å². The quantitative estimate of drug-likeness (QED) is 0.584. The second kappa shape index (κ2) is 11.0. The van der Waals surface area contributed by atoms with Gasteiger partial charge in [-0.3, -0.25) is 0 Å². The number of pyridine rings is 2. The number of hydrogen-bond acceptors (Lipinski definition) is 5. The minimum Gasteiger partial charge on any atom is -0.367 e. The highest BCUT2D eigenvalue weighted by Gasteiger charge is 2.30. The predicted octanol–water partition coefficient (Wildman–Crippen LogP) is 6.41. The van der Waals surface area contributed by atoms with Crippen LogP contribution in [0.5, 0.6) is 0 Å². The van der Waals surface area contributed by atoms with Gasteiger partial charge in [0.2, 0.25) is 0 Å². The van der Waals surface area contributed by atoms with Crippen LogP contribution in [0.25, 0.3) is 10.8 Å². The lowest BCUT2D eigenvalue weighted by Gasteiger charge is -2.36. The normalized spacial score (nSPS) is 15.6. The average Bonchev–Trinajstić information content (AvgIpc) is 2.76. The SMILES string of the molecule is CC.CCCC(CCC)Nc1cc2c(N3CCC(C)(C#N)CC3)nccc2cn1.[HH]. The monoisotopic (exact) mass is 397 g/mol. The molecule has 29 heavy (non-hydrogen) atoms. The Labute approximate surface area is 178 Å². The van der Waals surface area contributed by atoms with Crippen LogP contribution in [0, 0.1) is 16.7 Å². The van der Waals surface area contributed by atoms with Gasteiger partial charge in [0.05, 0.1) is 11.5 Å². The summed E-state index contributed by atoms with van der Waals surface area (Å²) < 4.78 is 0. The summed E-state index contributed by atoms with van der Waals surface area (Å²) >= 11 is 0. The minimum absolute atomic E-state index is 0. The number of rotatable bonds is 7. The highest BCUT2D eigenvalue weighted by atomic mass is 15.2. The molecular weight excluding hydrogens is 358 g/mol. The maximum atomic E-state index is 9.39. The van der Waals surface area contributed by atoms with Crippen molar-refractivity contribution in [1.82, 2.24) is 9.97 Å². The van der Waals surface area contributed by atoms with Crippen LogP contribution < -0.4 is 10.2 Å². The Morgan fingerprint density at radius 1 is 1.21 bits per heavy atom. The molecular formula is C24H39N5. The Morgan fingerprint density at radius 3 is 2.45 bits per heavy atom. The van der Waals surface area contributed by atoms with E-state index in [0.29, 0.717) is 6.04 Å². The van der Waals surface area contributed by atoms with E-state index in [2.05, 4.69) is 53.1 Å². The van der Waals surface area contributed by atoms with Gasteiger partial charge in [0.1, 0.15) is 11.6 Å². The highest BCUT2D eigenvalue weighted by molar-refractivity contribution is 5.93. The lowest BCUT2D eigenvalue weighted by atomic mass is 9.82. The molecule has 1 N–H and O–H groups in total. The van der Waals surface area contributed by atoms with Gasteiger partial charge in [-0.05, 0) is 44.7 Å². The maximum absolute atomic E-state index is 9.39. The molecule has 0 aromatic carbocycles. The molecule has 1 saturated heterocycles. The van der Waals surface area contributed by atoms with Crippen molar-refractivity contribution in [2.75, 3.05) is 23.3 Å². The lowest BCUT2D eigenvalue weighted by Crippen LogP contribution is -2.38. The van der Waals surface area contributed by atoms with Crippen molar-refractivity contribution in [3.05, 3.63) is 24.5 Å². The number of fused-ring (bicyclic) bond motifs is 1. The average molecular weight is 398 g/mol. The van der Waals surface area contributed by atoms with Crippen LogP contribution in [0.4, 0.5) is 11.6 Å². The van der Waals surface area contributed by atoms with E-state index in [1.165, 1.54) is 12.8 Å². The molecule has 5 nitrogen and oxygen atoms in total. The van der Waals surface area contributed by atoms with Crippen LogP contribution in [-0.2, 0) is 0 Å². The first-order valence-electron chi connectivity index (χ1n) is 11.3. The van der Waals surface area contributed by atoms with Crippen molar-refractivity contribution in [3.63, 3.8) is 0 Å². The number of piperidine rings is 1. The van der Waals surface area contributed by atoms with Gasteiger partial charge in [0.25, 0.3) is 0 Å². The Bertz CT molecular complexity index is 803. The Balaban J connectivity index is 0.00000146. The largest absolute Gasteiger partial charge is 0.367 e. The summed E-state index contributed by atoms with van der Waals surface area (Å²) in [5.74, 6) is 1.95. The zero-order chi connectivity index (χ0) is 21.3. The molecule has 1 fully saturated rings. The van der Waals surface area contributed by atoms with E-state index < -0.39 is 0 Å². The third-order valence-corrected chi connectivity index (χ3v) is 5.69. The molecule has 0 unspecified atom stereocenters. The Morgan fingerprint density at radius 2 is 1.86 bits per heavy atom. The number of nitrogens with one attached hydrogen (secondary N) is 1. The smallest absolute Gasteiger partial charge is 0.136 e. The fourth-order valence-corrected chi connectivity index (χ4v) is 3.90. The first-order valence-corrected chi connectivity index (χ1v) is 11.3. The van der Waals surface area contributed by atoms with Crippen molar-refractivity contribution >= 4 is 22.4 Å². The summed E-state index contributed by atoms with van der Waals surface area (Å²) in [6.07, 6.45) is 10.2. The molecule has 1 aliphatic heterocycles. The first kappa shape index (κ1) is 22.9. The molecule has 0 bridgehead atoms. The summed E-state index contributed by atoms with van der Waals surface area (Å²) in [6.45, 7) is 12.3. The summed E-state index contributed by atoms with van der Waals surface area (Å²) in [7, 11) is 0. The van der Waals surface area contributed by atoms with Crippen molar-refractivity contribution in [2.24, 2.45) is 5.41 Å². The fourth-order valence-electron chi connectivity index (χ4n) is 3.90. The van der Waals surface area contributed by atoms with Crippen LogP contribution in [0.15, 0.2) is 24.5 Å². The van der Waals surface area contributed by atoms with E-state index in [0.717, 1.165) is 61.2 Å². The molecule has 0 spiro atoms. The van der Waals surface area contributed by atoms with Crippen molar-refractivity contribution < 1.29 is 1.43 Å². The van der Waals surface area contributed by atoms with Gasteiger partial charge in [-0.1, -0.05) is 40.5 Å². The zero-order valence-electron chi connectivity index (χ0n) is 18.8. The Hall–Kier alpha value is -2.35. The summed E-state index contributed by atoms with van der Waals surface area (Å²) in [5, 5.41) is 15.3. The molecule has 0 atom stereocenters. The van der Waals surface area contributed by atoms with Crippen LogP contribution >= 0.6 is 0 Å². The molecule has 160 valence electrons. The molecule has 3 heterocycles. The van der Waals surface area contributed by atoms with Gasteiger partial charge in [0.15, 0.2) is 0 Å². The van der Waals surface area contributed by atoms with Gasteiger partial charge < -0.3 is 10.2 Å². The van der Waals surface area contributed by atoms with Crippen LogP contribution in [0.3, 0.4) is 0 Å². The number of anilines is 2. The topological polar surface area (TPSA) is 64.8 Å². The van der Waals surface area contributed by atoms with E-state index in [4.69, 9.17) is 0 Å². The lowest BCUT2D eigenvalue weighted by molar-refractivity contribution is 0.336. The summed E-state index contributed by atoms with van der Waals surface area (Å²) in [6, 6.07) is 7.12. The Kier molecular flexibility index (Phi) is 8.70. The molecule has 0 radical (unpaired) electrons. The number of aromatic nitrogens is 2. The van der Waals surface area contributed by atoms with E-state index >= 15 is 0 Å². The minimum atomic E-state index is -0.205. The molecule has 0 aliphatic carbocycles. The highest BCUT2D eigenvalue weighted by Crippen LogP contribution is 2.34. The summed E-state index contributed by atoms with van der Waals surface area (Å²) in [4.78, 5) is 11.6. The predicted molar refractivity (Wildman–Crippen MR) is 125 cm³/mol. The number of hydrogen-bond donors (Lipinski definition) is 1. The van der Waals surface area contributed by atoms with Crippen LogP contribution in [-0.4, -0.2) is 29.1 Å². The number of nitriles is 1. The second-order valence-corrected chi connectivity index (χ2v) is 8.00. The molecule has 3 rings (SSSR count). The molecule has 5 heteroatoms. The molecule has 1 aliphatic rings. The number of nitrogens with zero attached hydrogens (tertiary/aromatic N) is 4. The van der Waals surface area contributed by atoms with E-state index in [1.807, 2.05) is 32.3 Å². The van der Waals surface area contributed by atoms with Crippen molar-refractivity contribution in [1.29, 1.82) is 5.26 Å². The first-order chi connectivity index (χ1) is 14.1. The third kappa shape index (κ3) is 5.82. The molecule has 0 amide bonds. The van der Waals surface area contributed by atoms with E-state index in [9.17, 15) is 5.26 Å². The van der Waals surface area contributed by atoms with E-state index in [-0.39, 0.29) is 6.84 Å².